The van der Waals surface area contributed by atoms with Gasteiger partial charge in [-0.3, -0.25) is 4.79 Å². The summed E-state index contributed by atoms with van der Waals surface area (Å²) in [5, 5.41) is 4.51. The van der Waals surface area contributed by atoms with Crippen LogP contribution in [0.15, 0.2) is 30.3 Å². The average molecular weight is 386 g/mol. The summed E-state index contributed by atoms with van der Waals surface area (Å²) in [4.78, 5) is 18.8. The van der Waals surface area contributed by atoms with E-state index in [0.717, 1.165) is 34.3 Å². The fraction of sp³-hybridized carbons (Fsp3) is 0.300. The summed E-state index contributed by atoms with van der Waals surface area (Å²) in [6.45, 7) is 2.70. The molecule has 4 rings (SSSR count). The Balaban J connectivity index is 1.58. The van der Waals surface area contributed by atoms with Crippen molar-refractivity contribution in [1.82, 2.24) is 10.3 Å². The molecule has 0 bridgehead atoms. The van der Waals surface area contributed by atoms with Crippen LogP contribution in [-0.4, -0.2) is 10.9 Å². The number of thiophene rings is 1. The van der Waals surface area contributed by atoms with Gasteiger partial charge in [-0.1, -0.05) is 30.7 Å². The lowest BCUT2D eigenvalue weighted by Crippen LogP contribution is -2.22. The number of benzene rings is 1. The monoisotopic (exact) mass is 385 g/mol. The third kappa shape index (κ3) is 3.29. The largest absolute Gasteiger partial charge is 0.397 e. The summed E-state index contributed by atoms with van der Waals surface area (Å²) in [7, 11) is 0. The van der Waals surface area contributed by atoms with Crippen LogP contribution < -0.4 is 11.1 Å². The van der Waals surface area contributed by atoms with Crippen LogP contribution in [0.4, 0.5) is 5.69 Å². The number of carbonyl (C=O) groups excluding carboxylic acids is 1. The minimum atomic E-state index is -0.160. The zero-order valence-corrected chi connectivity index (χ0v) is 16.1. The maximum Gasteiger partial charge on any atom is 0.263 e. The topological polar surface area (TPSA) is 68.0 Å². The fourth-order valence-electron chi connectivity index (χ4n) is 3.41. The third-order valence-corrected chi connectivity index (χ3v) is 6.27. The predicted octanol–water partition coefficient (Wildman–Crippen LogP) is 4.59. The molecule has 1 aliphatic carbocycles. The van der Waals surface area contributed by atoms with E-state index in [0.29, 0.717) is 28.0 Å². The summed E-state index contributed by atoms with van der Waals surface area (Å²) in [6.07, 6.45) is 3.20. The van der Waals surface area contributed by atoms with E-state index in [9.17, 15) is 4.79 Å². The van der Waals surface area contributed by atoms with Crippen LogP contribution in [0.3, 0.4) is 0 Å². The quantitative estimate of drug-likeness (QED) is 0.693. The molecule has 0 fully saturated rings. The number of amides is 1. The summed E-state index contributed by atoms with van der Waals surface area (Å²) >= 11 is 7.26. The second kappa shape index (κ2) is 6.89. The highest BCUT2D eigenvalue weighted by atomic mass is 35.5. The molecule has 0 saturated carbocycles. The third-order valence-electron chi connectivity index (χ3n) is 4.90. The van der Waals surface area contributed by atoms with Gasteiger partial charge in [-0.15, -0.1) is 11.3 Å². The number of nitrogens with two attached hydrogens (primary N) is 1. The Kier molecular flexibility index (Phi) is 4.59. The van der Waals surface area contributed by atoms with Gasteiger partial charge in [0.1, 0.15) is 9.71 Å². The van der Waals surface area contributed by atoms with Crippen molar-refractivity contribution in [3.8, 4) is 0 Å². The second-order valence-corrected chi connectivity index (χ2v) is 8.38. The number of hydrogen-bond donors (Lipinski definition) is 2. The SMILES string of the molecule is CC1CCc2nc3sc(C(=O)NCc4ccc(Cl)cc4)c(N)c3cc2C1. The van der Waals surface area contributed by atoms with Gasteiger partial charge in [0.2, 0.25) is 0 Å². The molecule has 2 heterocycles. The highest BCUT2D eigenvalue weighted by Crippen LogP contribution is 2.36. The van der Waals surface area contributed by atoms with Crippen molar-refractivity contribution >= 4 is 44.7 Å². The summed E-state index contributed by atoms with van der Waals surface area (Å²) < 4.78 is 0. The van der Waals surface area contributed by atoms with E-state index in [1.165, 1.54) is 23.3 Å². The minimum Gasteiger partial charge on any atom is -0.397 e. The highest BCUT2D eigenvalue weighted by molar-refractivity contribution is 7.21. The lowest BCUT2D eigenvalue weighted by molar-refractivity contribution is 0.0956. The van der Waals surface area contributed by atoms with Crippen molar-refractivity contribution in [2.45, 2.75) is 32.7 Å². The van der Waals surface area contributed by atoms with Gasteiger partial charge in [0.25, 0.3) is 5.91 Å². The zero-order chi connectivity index (χ0) is 18.3. The van der Waals surface area contributed by atoms with Crippen molar-refractivity contribution in [2.24, 2.45) is 5.92 Å². The van der Waals surface area contributed by atoms with E-state index in [2.05, 4.69) is 18.3 Å². The van der Waals surface area contributed by atoms with Gasteiger partial charge in [0, 0.05) is 22.6 Å². The Morgan fingerprint density at radius 2 is 2.15 bits per heavy atom. The Bertz CT molecular complexity index is 981. The van der Waals surface area contributed by atoms with E-state index in [-0.39, 0.29) is 5.91 Å². The number of nitrogens with zero attached hydrogens (tertiary/aromatic N) is 1. The number of hydrogen-bond acceptors (Lipinski definition) is 4. The lowest BCUT2D eigenvalue weighted by atomic mass is 9.87. The van der Waals surface area contributed by atoms with E-state index >= 15 is 0 Å². The fourth-order valence-corrected chi connectivity index (χ4v) is 4.54. The van der Waals surface area contributed by atoms with Gasteiger partial charge < -0.3 is 11.1 Å². The van der Waals surface area contributed by atoms with Gasteiger partial charge in [-0.2, -0.15) is 0 Å². The molecule has 1 aromatic carbocycles. The molecule has 3 N–H and O–H groups in total. The molecule has 3 aromatic rings. The Labute approximate surface area is 161 Å². The van der Waals surface area contributed by atoms with Crippen LogP contribution in [0, 0.1) is 5.92 Å². The van der Waals surface area contributed by atoms with E-state index in [4.69, 9.17) is 22.3 Å². The van der Waals surface area contributed by atoms with Crippen molar-refractivity contribution in [2.75, 3.05) is 5.73 Å². The van der Waals surface area contributed by atoms with Crippen molar-refractivity contribution < 1.29 is 4.79 Å². The maximum atomic E-state index is 12.6. The van der Waals surface area contributed by atoms with Gasteiger partial charge in [-0.25, -0.2) is 4.98 Å². The van der Waals surface area contributed by atoms with Crippen molar-refractivity contribution in [1.29, 1.82) is 0 Å². The van der Waals surface area contributed by atoms with Gasteiger partial charge >= 0.3 is 0 Å². The number of aryl methyl sites for hydroxylation is 1. The van der Waals surface area contributed by atoms with Crippen molar-refractivity contribution in [3.05, 3.63) is 57.1 Å². The minimum absolute atomic E-state index is 0.160. The van der Waals surface area contributed by atoms with Crippen molar-refractivity contribution in [3.63, 3.8) is 0 Å². The summed E-state index contributed by atoms with van der Waals surface area (Å²) in [6, 6.07) is 9.55. The Morgan fingerprint density at radius 1 is 1.38 bits per heavy atom. The Morgan fingerprint density at radius 3 is 2.92 bits per heavy atom. The molecule has 1 unspecified atom stereocenters. The molecule has 26 heavy (non-hydrogen) atoms. The van der Waals surface area contributed by atoms with Crippen LogP contribution in [0.25, 0.3) is 10.2 Å². The number of aromatic nitrogens is 1. The first-order valence-electron chi connectivity index (χ1n) is 8.74. The molecule has 1 atom stereocenters. The van der Waals surface area contributed by atoms with E-state index in [1.54, 1.807) is 0 Å². The molecule has 0 radical (unpaired) electrons. The lowest BCUT2D eigenvalue weighted by Gasteiger charge is -2.20. The van der Waals surface area contributed by atoms with Crippen LogP contribution in [-0.2, 0) is 19.4 Å². The summed E-state index contributed by atoms with van der Waals surface area (Å²) in [5.74, 6) is 0.510. The molecular formula is C20H20ClN3OS. The molecule has 6 heteroatoms. The normalized spacial score (nSPS) is 16.5. The van der Waals surface area contributed by atoms with Gasteiger partial charge in [-0.05, 0) is 54.5 Å². The molecule has 1 aliphatic rings. The number of carbonyl (C=O) groups is 1. The molecule has 0 spiro atoms. The summed E-state index contributed by atoms with van der Waals surface area (Å²) in [5.41, 5.74) is 10.2. The number of pyridine rings is 1. The highest BCUT2D eigenvalue weighted by Gasteiger charge is 2.22. The average Bonchev–Trinajstić information content (AvgIpc) is 2.95. The molecule has 4 nitrogen and oxygen atoms in total. The van der Waals surface area contributed by atoms with Crippen LogP contribution in [0.2, 0.25) is 5.02 Å². The number of nitrogen functional groups attached to an aromatic ring is 1. The number of halogens is 1. The smallest absolute Gasteiger partial charge is 0.263 e. The number of anilines is 1. The molecule has 134 valence electrons. The Hall–Kier alpha value is -2.11. The standard InChI is InChI=1S/C20H20ClN3OS/c1-11-2-7-16-13(8-11)9-15-17(22)18(26-20(15)24-16)19(25)23-10-12-3-5-14(21)6-4-12/h3-6,9,11H,2,7-8,10,22H2,1H3,(H,23,25). The number of rotatable bonds is 3. The van der Waals surface area contributed by atoms with Crippen LogP contribution in [0.5, 0.6) is 0 Å². The second-order valence-electron chi connectivity index (χ2n) is 6.95. The van der Waals surface area contributed by atoms with Gasteiger partial charge in [0.05, 0.1) is 5.69 Å². The molecular weight excluding hydrogens is 366 g/mol. The van der Waals surface area contributed by atoms with Crippen LogP contribution in [0.1, 0.15) is 39.8 Å². The predicted molar refractivity (Wildman–Crippen MR) is 108 cm³/mol. The van der Waals surface area contributed by atoms with E-state index < -0.39 is 0 Å². The number of fused-ring (bicyclic) bond motifs is 2. The van der Waals surface area contributed by atoms with Gasteiger partial charge in [0.15, 0.2) is 0 Å². The first-order chi connectivity index (χ1) is 12.5. The number of nitrogens with one attached hydrogen (secondary N) is 1. The molecule has 0 saturated heterocycles. The molecule has 1 amide bonds. The zero-order valence-electron chi connectivity index (χ0n) is 14.5. The molecule has 2 aromatic heterocycles. The first-order valence-corrected chi connectivity index (χ1v) is 9.94. The first kappa shape index (κ1) is 17.3. The maximum absolute atomic E-state index is 12.6. The van der Waals surface area contributed by atoms with E-state index in [1.807, 2.05) is 24.3 Å². The molecule has 0 aliphatic heterocycles. The van der Waals surface area contributed by atoms with Crippen LogP contribution >= 0.6 is 22.9 Å².